The van der Waals surface area contributed by atoms with Crippen molar-refractivity contribution in [2.24, 2.45) is 0 Å². The Balaban J connectivity index is 1.47. The maximum absolute atomic E-state index is 13.1. The molecule has 0 saturated carbocycles. The number of anilines is 1. The Morgan fingerprint density at radius 3 is 2.54 bits per heavy atom. The van der Waals surface area contributed by atoms with E-state index in [2.05, 4.69) is 20.9 Å². The minimum absolute atomic E-state index is 0.0526. The molecule has 1 aliphatic heterocycles. The summed E-state index contributed by atoms with van der Waals surface area (Å²) >= 11 is 1.42. The average Bonchev–Trinajstić information content (AvgIpc) is 3.15. The van der Waals surface area contributed by atoms with Gasteiger partial charge in [-0.25, -0.2) is 4.98 Å². The van der Waals surface area contributed by atoms with Crippen LogP contribution in [0.3, 0.4) is 0 Å². The summed E-state index contributed by atoms with van der Waals surface area (Å²) in [5.74, 6) is 0.914. The molecule has 1 fully saturated rings. The molecule has 1 aliphatic rings. The van der Waals surface area contributed by atoms with Gasteiger partial charge in [0.2, 0.25) is 0 Å². The van der Waals surface area contributed by atoms with Gasteiger partial charge in [0, 0.05) is 32.4 Å². The number of hydrogen-bond acceptors (Lipinski definition) is 6. The van der Waals surface area contributed by atoms with Crippen molar-refractivity contribution in [3.05, 3.63) is 59.2 Å². The Morgan fingerprint density at radius 1 is 1.07 bits per heavy atom. The van der Waals surface area contributed by atoms with Crippen LogP contribution in [-0.2, 0) is 0 Å². The highest BCUT2D eigenvalue weighted by molar-refractivity contribution is 7.17. The number of piperazine rings is 1. The van der Waals surface area contributed by atoms with Gasteiger partial charge in [0.15, 0.2) is 0 Å². The van der Waals surface area contributed by atoms with Crippen LogP contribution in [0.2, 0.25) is 0 Å². The Kier molecular flexibility index (Phi) is 5.25. The van der Waals surface area contributed by atoms with Gasteiger partial charge in [-0.2, -0.15) is 0 Å². The van der Waals surface area contributed by atoms with Crippen LogP contribution in [0.15, 0.2) is 48.7 Å². The summed E-state index contributed by atoms with van der Waals surface area (Å²) in [6, 6.07) is 13.7. The highest BCUT2D eigenvalue weighted by Crippen LogP contribution is 2.30. The lowest BCUT2D eigenvalue weighted by Gasteiger charge is -2.36. The van der Waals surface area contributed by atoms with Crippen LogP contribution in [0.25, 0.3) is 10.7 Å². The number of pyridine rings is 1. The zero-order chi connectivity index (χ0) is 19.5. The van der Waals surface area contributed by atoms with Crippen molar-refractivity contribution >= 4 is 22.9 Å². The quantitative estimate of drug-likeness (QED) is 0.678. The van der Waals surface area contributed by atoms with Gasteiger partial charge in [0.1, 0.15) is 15.6 Å². The van der Waals surface area contributed by atoms with E-state index in [1.165, 1.54) is 11.3 Å². The molecule has 1 saturated heterocycles. The number of amides is 1. The molecule has 0 bridgehead atoms. The number of carbonyl (C=O) groups is 1. The molecule has 1 aromatic carbocycles. The summed E-state index contributed by atoms with van der Waals surface area (Å²) < 4.78 is 5.47. The van der Waals surface area contributed by atoms with E-state index in [9.17, 15) is 4.79 Å². The molecule has 0 unspecified atom stereocenters. The van der Waals surface area contributed by atoms with Crippen molar-refractivity contribution in [1.82, 2.24) is 14.9 Å². The number of methoxy groups -OCH3 is 1. The molecule has 0 radical (unpaired) electrons. The number of hydrogen-bond donors (Lipinski definition) is 0. The normalized spacial score (nSPS) is 14.2. The first-order valence-corrected chi connectivity index (χ1v) is 10.0. The van der Waals surface area contributed by atoms with E-state index in [0.717, 1.165) is 40.9 Å². The van der Waals surface area contributed by atoms with Crippen molar-refractivity contribution in [2.45, 2.75) is 6.92 Å². The Labute approximate surface area is 168 Å². The second-order valence-corrected chi connectivity index (χ2v) is 7.60. The number of benzene rings is 1. The van der Waals surface area contributed by atoms with E-state index in [1.807, 2.05) is 48.2 Å². The molecule has 0 aliphatic carbocycles. The largest absolute Gasteiger partial charge is 0.495 e. The number of para-hydroxylation sites is 2. The predicted molar refractivity (Wildman–Crippen MR) is 111 cm³/mol. The topological polar surface area (TPSA) is 58.6 Å². The number of aromatic nitrogens is 2. The molecule has 7 heteroatoms. The maximum atomic E-state index is 13.1. The molecular formula is C21H22N4O2S. The number of nitrogens with zero attached hydrogens (tertiary/aromatic N) is 4. The van der Waals surface area contributed by atoms with Gasteiger partial charge in [0.05, 0.1) is 24.2 Å². The van der Waals surface area contributed by atoms with Crippen molar-refractivity contribution in [3.63, 3.8) is 0 Å². The molecular weight excluding hydrogens is 372 g/mol. The van der Waals surface area contributed by atoms with E-state index in [0.29, 0.717) is 18.0 Å². The lowest BCUT2D eigenvalue weighted by Crippen LogP contribution is -2.48. The molecule has 1 amide bonds. The van der Waals surface area contributed by atoms with Crippen LogP contribution in [-0.4, -0.2) is 54.1 Å². The third-order valence-electron chi connectivity index (χ3n) is 4.87. The number of thiazole rings is 1. The van der Waals surface area contributed by atoms with Crippen molar-refractivity contribution in [2.75, 3.05) is 38.2 Å². The molecule has 4 rings (SSSR count). The van der Waals surface area contributed by atoms with E-state index in [-0.39, 0.29) is 5.91 Å². The molecule has 0 N–H and O–H groups in total. The monoisotopic (exact) mass is 394 g/mol. The number of rotatable bonds is 4. The van der Waals surface area contributed by atoms with Gasteiger partial charge in [0.25, 0.3) is 5.91 Å². The van der Waals surface area contributed by atoms with Crippen LogP contribution in [0.4, 0.5) is 5.69 Å². The molecule has 0 spiro atoms. The molecule has 28 heavy (non-hydrogen) atoms. The van der Waals surface area contributed by atoms with Crippen molar-refractivity contribution in [3.8, 4) is 16.5 Å². The SMILES string of the molecule is COc1ccccc1N1CCN(C(=O)c2sc(-c3ccccn3)nc2C)CC1. The fourth-order valence-electron chi connectivity index (χ4n) is 3.38. The summed E-state index contributed by atoms with van der Waals surface area (Å²) in [7, 11) is 1.68. The molecule has 144 valence electrons. The lowest BCUT2D eigenvalue weighted by atomic mass is 10.2. The van der Waals surface area contributed by atoms with Crippen LogP contribution < -0.4 is 9.64 Å². The van der Waals surface area contributed by atoms with Crippen molar-refractivity contribution in [1.29, 1.82) is 0 Å². The fraction of sp³-hybridized carbons (Fsp3) is 0.286. The Hall–Kier alpha value is -2.93. The highest BCUT2D eigenvalue weighted by atomic mass is 32.1. The predicted octanol–water partition coefficient (Wildman–Crippen LogP) is 3.48. The van der Waals surface area contributed by atoms with Gasteiger partial charge >= 0.3 is 0 Å². The minimum atomic E-state index is 0.0526. The summed E-state index contributed by atoms with van der Waals surface area (Å²) in [4.78, 5) is 26.8. The summed E-state index contributed by atoms with van der Waals surface area (Å²) in [6.45, 7) is 4.79. The van der Waals surface area contributed by atoms with Gasteiger partial charge in [-0.15, -0.1) is 11.3 Å². The van der Waals surface area contributed by atoms with E-state index in [1.54, 1.807) is 13.3 Å². The zero-order valence-electron chi connectivity index (χ0n) is 16.0. The van der Waals surface area contributed by atoms with E-state index in [4.69, 9.17) is 4.74 Å². The van der Waals surface area contributed by atoms with E-state index >= 15 is 0 Å². The van der Waals surface area contributed by atoms with E-state index < -0.39 is 0 Å². The number of aryl methyl sites for hydroxylation is 1. The van der Waals surface area contributed by atoms with Crippen LogP contribution in [0.1, 0.15) is 15.4 Å². The maximum Gasteiger partial charge on any atom is 0.265 e. The molecule has 3 heterocycles. The molecule has 6 nitrogen and oxygen atoms in total. The molecule has 2 aromatic heterocycles. The van der Waals surface area contributed by atoms with Crippen LogP contribution in [0.5, 0.6) is 5.75 Å². The second-order valence-electron chi connectivity index (χ2n) is 6.60. The second kappa shape index (κ2) is 7.98. The number of ether oxygens (including phenoxy) is 1. The van der Waals surface area contributed by atoms with Gasteiger partial charge in [-0.3, -0.25) is 9.78 Å². The smallest absolute Gasteiger partial charge is 0.265 e. The summed E-state index contributed by atoms with van der Waals surface area (Å²) in [5, 5.41) is 0.786. The first-order chi connectivity index (χ1) is 13.7. The first kappa shape index (κ1) is 18.4. The average molecular weight is 395 g/mol. The Bertz CT molecular complexity index is 966. The highest BCUT2D eigenvalue weighted by Gasteiger charge is 2.26. The summed E-state index contributed by atoms with van der Waals surface area (Å²) in [6.07, 6.45) is 1.74. The minimum Gasteiger partial charge on any atom is -0.495 e. The zero-order valence-corrected chi connectivity index (χ0v) is 16.8. The van der Waals surface area contributed by atoms with Gasteiger partial charge in [-0.1, -0.05) is 18.2 Å². The van der Waals surface area contributed by atoms with Gasteiger partial charge < -0.3 is 14.5 Å². The Morgan fingerprint density at radius 2 is 1.82 bits per heavy atom. The van der Waals surface area contributed by atoms with Crippen LogP contribution in [0, 0.1) is 6.92 Å². The standard InChI is InChI=1S/C21H22N4O2S/c1-15-19(28-20(23-15)16-7-5-6-10-22-16)21(26)25-13-11-24(12-14-25)17-8-3-4-9-18(17)27-2/h3-10H,11-14H2,1-2H3. The summed E-state index contributed by atoms with van der Waals surface area (Å²) in [5.41, 5.74) is 2.64. The first-order valence-electron chi connectivity index (χ1n) is 9.23. The van der Waals surface area contributed by atoms with Gasteiger partial charge in [-0.05, 0) is 31.2 Å². The fourth-order valence-corrected chi connectivity index (χ4v) is 4.39. The van der Waals surface area contributed by atoms with Crippen molar-refractivity contribution < 1.29 is 9.53 Å². The van der Waals surface area contributed by atoms with Crippen LogP contribution >= 0.6 is 11.3 Å². The molecule has 3 aromatic rings. The third-order valence-corrected chi connectivity index (χ3v) is 6.04. The lowest BCUT2D eigenvalue weighted by molar-refractivity contribution is 0.0750. The number of carbonyl (C=O) groups excluding carboxylic acids is 1. The third kappa shape index (κ3) is 3.57. The molecule has 0 atom stereocenters.